The van der Waals surface area contributed by atoms with Crippen LogP contribution in [0, 0.1) is 0 Å². The molecule has 0 aliphatic heterocycles. The molecule has 0 radical (unpaired) electrons. The first kappa shape index (κ1) is 13.3. The number of carbonyl (C=O) groups is 1. The maximum absolute atomic E-state index is 12.0. The van der Waals surface area contributed by atoms with Crippen LogP contribution < -0.4 is 5.32 Å². The number of hydrogen-bond acceptors (Lipinski definition) is 2. The van der Waals surface area contributed by atoms with Crippen LogP contribution in [0.4, 0.5) is 5.69 Å². The van der Waals surface area contributed by atoms with Gasteiger partial charge in [0.2, 0.25) is 0 Å². The van der Waals surface area contributed by atoms with Gasteiger partial charge in [-0.15, -0.1) is 0 Å². The molecule has 2 rings (SSSR count). The van der Waals surface area contributed by atoms with Crippen LogP contribution in [0.25, 0.3) is 0 Å². The number of amides is 1. The highest BCUT2D eigenvalue weighted by atomic mass is 79.9. The monoisotopic (exact) mass is 344 g/mol. The van der Waals surface area contributed by atoms with Gasteiger partial charge in [-0.1, -0.05) is 23.2 Å². The van der Waals surface area contributed by atoms with E-state index in [1.807, 2.05) is 0 Å². The van der Waals surface area contributed by atoms with Crippen molar-refractivity contribution >= 4 is 50.7 Å². The predicted octanol–water partition coefficient (Wildman–Crippen LogP) is 4.40. The third-order valence-electron chi connectivity index (χ3n) is 2.16. The molecule has 1 aromatic carbocycles. The number of hydrogen-bond donors (Lipinski definition) is 1. The van der Waals surface area contributed by atoms with Crippen molar-refractivity contribution in [2.45, 2.75) is 0 Å². The zero-order valence-electron chi connectivity index (χ0n) is 8.95. The summed E-state index contributed by atoms with van der Waals surface area (Å²) < 4.78 is 0.699. The van der Waals surface area contributed by atoms with Crippen molar-refractivity contribution in [2.75, 3.05) is 5.32 Å². The average molecular weight is 346 g/mol. The number of carbonyl (C=O) groups excluding carboxylic acids is 1. The Kier molecular flexibility index (Phi) is 4.22. The van der Waals surface area contributed by atoms with Crippen molar-refractivity contribution in [2.24, 2.45) is 0 Å². The summed E-state index contributed by atoms with van der Waals surface area (Å²) in [5, 5.41) is 3.49. The van der Waals surface area contributed by atoms with E-state index in [1.165, 1.54) is 6.07 Å². The molecule has 0 saturated heterocycles. The molecule has 6 heteroatoms. The van der Waals surface area contributed by atoms with Gasteiger partial charge in [-0.3, -0.25) is 4.79 Å². The number of pyridine rings is 1. The van der Waals surface area contributed by atoms with Gasteiger partial charge in [-0.25, -0.2) is 4.98 Å². The van der Waals surface area contributed by atoms with E-state index in [1.54, 1.807) is 30.5 Å². The van der Waals surface area contributed by atoms with Crippen LogP contribution in [0.2, 0.25) is 10.0 Å². The number of aromatic nitrogens is 1. The number of anilines is 1. The van der Waals surface area contributed by atoms with Gasteiger partial charge in [-0.2, -0.15) is 0 Å². The van der Waals surface area contributed by atoms with Crippen molar-refractivity contribution in [1.82, 2.24) is 4.98 Å². The highest BCUT2D eigenvalue weighted by molar-refractivity contribution is 9.10. The lowest BCUT2D eigenvalue weighted by Gasteiger charge is -2.06. The summed E-state index contributed by atoms with van der Waals surface area (Å²) in [6.07, 6.45) is 1.55. The van der Waals surface area contributed by atoms with Crippen LogP contribution in [-0.2, 0) is 0 Å². The maximum atomic E-state index is 12.0. The van der Waals surface area contributed by atoms with Crippen molar-refractivity contribution in [3.63, 3.8) is 0 Å². The Morgan fingerprint density at radius 1 is 1.22 bits per heavy atom. The number of nitrogens with zero attached hydrogens (tertiary/aromatic N) is 1. The van der Waals surface area contributed by atoms with Crippen LogP contribution in [0.3, 0.4) is 0 Å². The molecule has 0 aliphatic carbocycles. The minimum Gasteiger partial charge on any atom is -0.321 e. The lowest BCUT2D eigenvalue weighted by molar-refractivity contribution is 0.102. The van der Waals surface area contributed by atoms with Crippen LogP contribution >= 0.6 is 39.1 Å². The zero-order chi connectivity index (χ0) is 13.1. The highest BCUT2D eigenvalue weighted by Gasteiger charge is 2.10. The predicted molar refractivity (Wildman–Crippen MR) is 76.4 cm³/mol. The van der Waals surface area contributed by atoms with Crippen LogP contribution in [0.5, 0.6) is 0 Å². The number of halogens is 3. The van der Waals surface area contributed by atoms with E-state index < -0.39 is 0 Å². The molecule has 1 heterocycles. The molecule has 1 N–H and O–H groups in total. The summed E-state index contributed by atoms with van der Waals surface area (Å²) in [4.78, 5) is 16.0. The first-order valence-electron chi connectivity index (χ1n) is 4.94. The summed E-state index contributed by atoms with van der Waals surface area (Å²) in [6.45, 7) is 0. The molecule has 1 aromatic heterocycles. The zero-order valence-corrected chi connectivity index (χ0v) is 12.1. The van der Waals surface area contributed by atoms with Gasteiger partial charge in [0, 0.05) is 5.02 Å². The number of benzene rings is 1. The second kappa shape index (κ2) is 5.69. The lowest BCUT2D eigenvalue weighted by Crippen LogP contribution is -2.12. The van der Waals surface area contributed by atoms with Crippen molar-refractivity contribution in [3.05, 3.63) is 56.7 Å². The van der Waals surface area contributed by atoms with E-state index in [4.69, 9.17) is 23.2 Å². The van der Waals surface area contributed by atoms with Gasteiger partial charge in [0.25, 0.3) is 5.91 Å². The van der Waals surface area contributed by atoms with Crippen LogP contribution in [-0.4, -0.2) is 10.9 Å². The van der Waals surface area contributed by atoms with Crippen molar-refractivity contribution in [1.29, 1.82) is 0 Å². The smallest absolute Gasteiger partial charge is 0.257 e. The van der Waals surface area contributed by atoms with Gasteiger partial charge in [-0.05, 0) is 46.3 Å². The number of rotatable bonds is 2. The highest BCUT2D eigenvalue weighted by Crippen LogP contribution is 2.22. The van der Waals surface area contributed by atoms with Gasteiger partial charge >= 0.3 is 0 Å². The molecular weight excluding hydrogens is 339 g/mol. The van der Waals surface area contributed by atoms with Crippen LogP contribution in [0.15, 0.2) is 41.1 Å². The molecular formula is C12H7BrCl2N2O. The summed E-state index contributed by atoms with van der Waals surface area (Å²) in [5.74, 6) is -0.305. The number of nitrogens with one attached hydrogen (secondary N) is 1. The Morgan fingerprint density at radius 2 is 2.00 bits per heavy atom. The standard InChI is InChI=1S/C12H7BrCl2N2O/c13-11-4-2-8(6-16-11)17-12(18)9-3-1-7(14)5-10(9)15/h1-6H,(H,17,18). The van der Waals surface area contributed by atoms with Crippen molar-refractivity contribution in [3.8, 4) is 0 Å². The van der Waals surface area contributed by atoms with Gasteiger partial charge in [0.15, 0.2) is 0 Å². The van der Waals surface area contributed by atoms with E-state index in [0.717, 1.165) is 0 Å². The Bertz CT molecular complexity index is 587. The molecule has 0 spiro atoms. The summed E-state index contributed by atoms with van der Waals surface area (Å²) in [6, 6.07) is 8.18. The summed E-state index contributed by atoms with van der Waals surface area (Å²) in [5.41, 5.74) is 0.957. The van der Waals surface area contributed by atoms with E-state index >= 15 is 0 Å². The fraction of sp³-hybridized carbons (Fsp3) is 0. The fourth-order valence-electron chi connectivity index (χ4n) is 1.32. The Labute approximate surface area is 122 Å². The molecule has 0 bridgehead atoms. The molecule has 0 atom stereocenters. The topological polar surface area (TPSA) is 42.0 Å². The molecule has 18 heavy (non-hydrogen) atoms. The second-order valence-corrected chi connectivity index (χ2v) is 5.10. The molecule has 2 aromatic rings. The summed E-state index contributed by atoms with van der Waals surface area (Å²) in [7, 11) is 0. The fourth-order valence-corrected chi connectivity index (χ4v) is 2.05. The van der Waals surface area contributed by atoms with E-state index in [0.29, 0.717) is 25.9 Å². The first-order valence-corrected chi connectivity index (χ1v) is 6.49. The molecule has 92 valence electrons. The molecule has 3 nitrogen and oxygen atoms in total. The SMILES string of the molecule is O=C(Nc1ccc(Br)nc1)c1ccc(Cl)cc1Cl. The van der Waals surface area contributed by atoms with Crippen molar-refractivity contribution < 1.29 is 4.79 Å². The molecule has 0 fully saturated rings. The normalized spacial score (nSPS) is 10.2. The second-order valence-electron chi connectivity index (χ2n) is 3.45. The lowest BCUT2D eigenvalue weighted by atomic mass is 10.2. The Hall–Kier alpha value is -1.10. The average Bonchev–Trinajstić information content (AvgIpc) is 2.32. The van der Waals surface area contributed by atoms with E-state index in [2.05, 4.69) is 26.2 Å². The summed E-state index contributed by atoms with van der Waals surface area (Å²) >= 11 is 14.9. The van der Waals surface area contributed by atoms with Gasteiger partial charge in [0.1, 0.15) is 4.60 Å². The van der Waals surface area contributed by atoms with Crippen LogP contribution in [0.1, 0.15) is 10.4 Å². The van der Waals surface area contributed by atoms with E-state index in [9.17, 15) is 4.79 Å². The van der Waals surface area contributed by atoms with E-state index in [-0.39, 0.29) is 5.91 Å². The Morgan fingerprint density at radius 3 is 2.61 bits per heavy atom. The van der Waals surface area contributed by atoms with Gasteiger partial charge < -0.3 is 5.32 Å². The minimum absolute atomic E-state index is 0.305. The quantitative estimate of drug-likeness (QED) is 0.819. The molecule has 1 amide bonds. The molecule has 0 aliphatic rings. The Balaban J connectivity index is 2.19. The maximum Gasteiger partial charge on any atom is 0.257 e. The van der Waals surface area contributed by atoms with Gasteiger partial charge in [0.05, 0.1) is 22.5 Å². The molecule has 0 unspecified atom stereocenters. The molecule has 0 saturated carbocycles. The third kappa shape index (κ3) is 3.22. The minimum atomic E-state index is -0.305. The first-order chi connectivity index (χ1) is 8.56. The third-order valence-corrected chi connectivity index (χ3v) is 3.18. The largest absolute Gasteiger partial charge is 0.321 e.